The summed E-state index contributed by atoms with van der Waals surface area (Å²) < 4.78 is 16.5. The summed E-state index contributed by atoms with van der Waals surface area (Å²) in [7, 11) is 0. The van der Waals surface area contributed by atoms with E-state index in [9.17, 15) is 9.59 Å². The topological polar surface area (TPSA) is 61.8 Å². The third kappa shape index (κ3) is 4.58. The number of hydrogen-bond acceptors (Lipinski definition) is 5. The van der Waals surface area contributed by atoms with Crippen molar-refractivity contribution in [3.05, 3.63) is 58.1 Å². The molecular weight excluding hydrogens is 376 g/mol. The summed E-state index contributed by atoms with van der Waals surface area (Å²) >= 11 is 3.32. The summed E-state index contributed by atoms with van der Waals surface area (Å²) in [6.45, 7) is 4.27. The first-order valence-corrected chi connectivity index (χ1v) is 8.26. The first kappa shape index (κ1) is 18.0. The molecular formula is C18H17BrO5. The predicted octanol–water partition coefficient (Wildman–Crippen LogP) is 4.24. The van der Waals surface area contributed by atoms with Gasteiger partial charge in [0.1, 0.15) is 17.1 Å². The van der Waals surface area contributed by atoms with Crippen molar-refractivity contribution in [2.24, 2.45) is 0 Å². The van der Waals surface area contributed by atoms with E-state index in [1.165, 1.54) is 6.07 Å². The van der Waals surface area contributed by atoms with Crippen LogP contribution in [0.25, 0.3) is 0 Å². The Morgan fingerprint density at radius 2 is 1.79 bits per heavy atom. The summed E-state index contributed by atoms with van der Waals surface area (Å²) in [5, 5.41) is 0. The van der Waals surface area contributed by atoms with Crippen molar-refractivity contribution < 1.29 is 23.8 Å². The molecule has 5 nitrogen and oxygen atoms in total. The smallest absolute Gasteiger partial charge is 0.347 e. The van der Waals surface area contributed by atoms with Gasteiger partial charge in [-0.15, -0.1) is 0 Å². The van der Waals surface area contributed by atoms with Gasteiger partial charge in [-0.05, 0) is 50.2 Å². The minimum absolute atomic E-state index is 0.257. The van der Waals surface area contributed by atoms with Crippen LogP contribution in [-0.2, 0) is 4.74 Å². The van der Waals surface area contributed by atoms with Gasteiger partial charge in [-0.3, -0.25) is 0 Å². The lowest BCUT2D eigenvalue weighted by Crippen LogP contribution is -2.12. The SMILES string of the molecule is CCOC(=O)c1cccc(OC(=O)c2cc(Br)ccc2OCC)c1. The molecule has 0 atom stereocenters. The van der Waals surface area contributed by atoms with Crippen molar-refractivity contribution >= 4 is 27.9 Å². The predicted molar refractivity (Wildman–Crippen MR) is 92.7 cm³/mol. The van der Waals surface area contributed by atoms with Gasteiger partial charge in [0.25, 0.3) is 0 Å². The fourth-order valence-electron chi connectivity index (χ4n) is 2.01. The van der Waals surface area contributed by atoms with E-state index in [1.54, 1.807) is 43.3 Å². The van der Waals surface area contributed by atoms with Crippen LogP contribution in [0.3, 0.4) is 0 Å². The molecule has 0 aromatic heterocycles. The van der Waals surface area contributed by atoms with Crippen LogP contribution in [0.15, 0.2) is 46.9 Å². The average Bonchev–Trinajstić information content (AvgIpc) is 2.57. The zero-order chi connectivity index (χ0) is 17.5. The van der Waals surface area contributed by atoms with Crippen LogP contribution >= 0.6 is 15.9 Å². The Morgan fingerprint density at radius 1 is 1.00 bits per heavy atom. The van der Waals surface area contributed by atoms with Crippen LogP contribution in [-0.4, -0.2) is 25.2 Å². The Bertz CT molecular complexity index is 742. The van der Waals surface area contributed by atoms with Gasteiger partial charge in [0.15, 0.2) is 0 Å². The number of carbonyl (C=O) groups excluding carboxylic acids is 2. The first-order valence-electron chi connectivity index (χ1n) is 7.46. The van der Waals surface area contributed by atoms with E-state index in [0.29, 0.717) is 23.5 Å². The van der Waals surface area contributed by atoms with Crippen LogP contribution in [0.5, 0.6) is 11.5 Å². The molecule has 0 bridgehead atoms. The van der Waals surface area contributed by atoms with Crippen LogP contribution in [0.1, 0.15) is 34.6 Å². The molecule has 2 rings (SSSR count). The molecule has 24 heavy (non-hydrogen) atoms. The second kappa shape index (κ2) is 8.49. The summed E-state index contributed by atoms with van der Waals surface area (Å²) in [5.41, 5.74) is 0.620. The number of hydrogen-bond donors (Lipinski definition) is 0. The highest BCUT2D eigenvalue weighted by Gasteiger charge is 2.16. The van der Waals surface area contributed by atoms with E-state index >= 15 is 0 Å². The van der Waals surface area contributed by atoms with E-state index < -0.39 is 11.9 Å². The summed E-state index contributed by atoms with van der Waals surface area (Å²) in [6.07, 6.45) is 0. The lowest BCUT2D eigenvalue weighted by molar-refractivity contribution is 0.0524. The number of halogens is 1. The lowest BCUT2D eigenvalue weighted by atomic mass is 10.2. The highest BCUT2D eigenvalue weighted by Crippen LogP contribution is 2.25. The quantitative estimate of drug-likeness (QED) is 0.543. The van der Waals surface area contributed by atoms with E-state index in [-0.39, 0.29) is 12.4 Å². The third-order valence-corrected chi connectivity index (χ3v) is 3.51. The molecule has 6 heteroatoms. The molecule has 2 aromatic carbocycles. The molecule has 2 aromatic rings. The Balaban J connectivity index is 2.22. The van der Waals surface area contributed by atoms with E-state index in [2.05, 4.69) is 15.9 Å². The molecule has 0 unspecified atom stereocenters. The average molecular weight is 393 g/mol. The van der Waals surface area contributed by atoms with Crippen molar-refractivity contribution in [2.75, 3.05) is 13.2 Å². The maximum Gasteiger partial charge on any atom is 0.347 e. The third-order valence-electron chi connectivity index (χ3n) is 3.02. The monoisotopic (exact) mass is 392 g/mol. The Hall–Kier alpha value is -2.34. The fraction of sp³-hybridized carbons (Fsp3) is 0.222. The number of carbonyl (C=O) groups is 2. The molecule has 0 N–H and O–H groups in total. The van der Waals surface area contributed by atoms with Gasteiger partial charge in [-0.2, -0.15) is 0 Å². The zero-order valence-electron chi connectivity index (χ0n) is 13.4. The molecule has 0 radical (unpaired) electrons. The highest BCUT2D eigenvalue weighted by atomic mass is 79.9. The van der Waals surface area contributed by atoms with Gasteiger partial charge in [-0.25, -0.2) is 9.59 Å². The molecule has 0 amide bonds. The molecule has 0 saturated heterocycles. The normalized spacial score (nSPS) is 10.1. The largest absolute Gasteiger partial charge is 0.493 e. The maximum absolute atomic E-state index is 12.4. The van der Waals surface area contributed by atoms with Gasteiger partial charge in [0, 0.05) is 4.47 Å². The highest BCUT2D eigenvalue weighted by molar-refractivity contribution is 9.10. The number of rotatable bonds is 6. The van der Waals surface area contributed by atoms with Gasteiger partial charge in [0.2, 0.25) is 0 Å². The van der Waals surface area contributed by atoms with Crippen LogP contribution < -0.4 is 9.47 Å². The zero-order valence-corrected chi connectivity index (χ0v) is 15.0. The number of ether oxygens (including phenoxy) is 3. The van der Waals surface area contributed by atoms with Crippen LogP contribution in [0.2, 0.25) is 0 Å². The summed E-state index contributed by atoms with van der Waals surface area (Å²) in [6, 6.07) is 11.4. The molecule has 0 aliphatic heterocycles. The van der Waals surface area contributed by atoms with Crippen LogP contribution in [0.4, 0.5) is 0 Å². The van der Waals surface area contributed by atoms with Gasteiger partial charge >= 0.3 is 11.9 Å². The number of benzene rings is 2. The minimum atomic E-state index is -0.569. The molecule has 0 aliphatic carbocycles. The second-order valence-corrected chi connectivity index (χ2v) is 5.63. The standard InChI is InChI=1S/C18H17BrO5/c1-3-22-16-9-8-13(19)11-15(16)18(21)24-14-7-5-6-12(10-14)17(20)23-4-2/h5-11H,3-4H2,1-2H3. The van der Waals surface area contributed by atoms with Crippen molar-refractivity contribution in [3.63, 3.8) is 0 Å². The molecule has 0 spiro atoms. The Morgan fingerprint density at radius 3 is 2.50 bits per heavy atom. The Kier molecular flexibility index (Phi) is 6.37. The van der Waals surface area contributed by atoms with Gasteiger partial charge < -0.3 is 14.2 Å². The lowest BCUT2D eigenvalue weighted by Gasteiger charge is -2.11. The van der Waals surface area contributed by atoms with Crippen molar-refractivity contribution in [3.8, 4) is 11.5 Å². The summed E-state index contributed by atoms with van der Waals surface area (Å²) in [4.78, 5) is 24.2. The molecule has 126 valence electrons. The molecule has 0 heterocycles. The molecule has 0 fully saturated rings. The molecule has 0 aliphatic rings. The van der Waals surface area contributed by atoms with E-state index in [1.807, 2.05) is 6.92 Å². The van der Waals surface area contributed by atoms with Crippen molar-refractivity contribution in [2.45, 2.75) is 13.8 Å². The minimum Gasteiger partial charge on any atom is -0.493 e. The second-order valence-electron chi connectivity index (χ2n) is 4.71. The maximum atomic E-state index is 12.4. The fourth-order valence-corrected chi connectivity index (χ4v) is 2.37. The Labute approximate surface area is 148 Å². The van der Waals surface area contributed by atoms with E-state index in [0.717, 1.165) is 4.47 Å². The van der Waals surface area contributed by atoms with Gasteiger partial charge in [0.05, 0.1) is 18.8 Å². The first-order chi connectivity index (χ1) is 11.5. The van der Waals surface area contributed by atoms with Crippen LogP contribution in [0, 0.1) is 0 Å². The van der Waals surface area contributed by atoms with Crippen molar-refractivity contribution in [1.82, 2.24) is 0 Å². The van der Waals surface area contributed by atoms with E-state index in [4.69, 9.17) is 14.2 Å². The van der Waals surface area contributed by atoms with Gasteiger partial charge in [-0.1, -0.05) is 22.0 Å². The van der Waals surface area contributed by atoms with Crippen molar-refractivity contribution in [1.29, 1.82) is 0 Å². The molecule has 0 saturated carbocycles. The summed E-state index contributed by atoms with van der Waals surface area (Å²) in [5.74, 6) is -0.339. The number of esters is 2.